The van der Waals surface area contributed by atoms with Gasteiger partial charge in [-0.25, -0.2) is 8.42 Å². The molecule has 0 unspecified atom stereocenters. The molecular weight excluding hydrogens is 290 g/mol. The zero-order valence-corrected chi connectivity index (χ0v) is 13.1. The van der Waals surface area contributed by atoms with Crippen LogP contribution in [-0.2, 0) is 14.8 Å². The molecule has 1 amide bonds. The monoisotopic (exact) mass is 311 g/mol. The second-order valence-electron chi connectivity index (χ2n) is 5.44. The van der Waals surface area contributed by atoms with E-state index < -0.39 is 10.0 Å². The Kier molecular flexibility index (Phi) is 4.84. The molecule has 1 aliphatic heterocycles. The predicted octanol–water partition coefficient (Wildman–Crippen LogP) is 1.30. The molecule has 1 aromatic rings. The van der Waals surface area contributed by atoms with Gasteiger partial charge in [0, 0.05) is 12.2 Å². The van der Waals surface area contributed by atoms with Crippen LogP contribution in [0.1, 0.15) is 18.4 Å². The highest BCUT2D eigenvalue weighted by Gasteiger charge is 2.20. The Balaban J connectivity index is 2.04. The lowest BCUT2D eigenvalue weighted by molar-refractivity contribution is -0.120. The van der Waals surface area contributed by atoms with Crippen LogP contribution in [0.3, 0.4) is 0 Å². The van der Waals surface area contributed by atoms with E-state index >= 15 is 0 Å². The van der Waals surface area contributed by atoms with Crippen LogP contribution < -0.4 is 15.4 Å². The summed E-state index contributed by atoms with van der Waals surface area (Å²) in [6.45, 7) is 3.47. The summed E-state index contributed by atoms with van der Waals surface area (Å²) in [5.74, 6) is -0.00157. The van der Waals surface area contributed by atoms with Gasteiger partial charge in [0.1, 0.15) is 0 Å². The number of rotatable bonds is 4. The summed E-state index contributed by atoms with van der Waals surface area (Å²) in [5, 5.41) is 6.10. The van der Waals surface area contributed by atoms with E-state index in [1.165, 1.54) is 0 Å². The highest BCUT2D eigenvalue weighted by atomic mass is 32.2. The van der Waals surface area contributed by atoms with Gasteiger partial charge < -0.3 is 10.6 Å². The van der Waals surface area contributed by atoms with Crippen molar-refractivity contribution in [2.45, 2.75) is 19.8 Å². The van der Waals surface area contributed by atoms with Crippen LogP contribution in [0.4, 0.5) is 11.4 Å². The molecule has 21 heavy (non-hydrogen) atoms. The number of carbonyl (C=O) groups is 1. The van der Waals surface area contributed by atoms with Crippen LogP contribution in [0.25, 0.3) is 0 Å². The Labute approximate surface area is 125 Å². The van der Waals surface area contributed by atoms with Crippen LogP contribution in [0.15, 0.2) is 18.2 Å². The molecule has 0 aromatic heterocycles. The summed E-state index contributed by atoms with van der Waals surface area (Å²) in [4.78, 5) is 12.1. The van der Waals surface area contributed by atoms with E-state index in [0.717, 1.165) is 31.2 Å². The SMILES string of the molecule is Cc1cc(NC(=O)[C@H]2CCCNC2)ccc1NS(C)(=O)=O. The third-order valence-corrected chi connectivity index (χ3v) is 4.05. The maximum absolute atomic E-state index is 12.1. The summed E-state index contributed by atoms with van der Waals surface area (Å²) in [5.41, 5.74) is 1.97. The molecular formula is C14H21N3O3S. The fourth-order valence-electron chi connectivity index (χ4n) is 2.38. The number of benzene rings is 1. The first-order valence-corrected chi connectivity index (χ1v) is 8.84. The van der Waals surface area contributed by atoms with Gasteiger partial charge in [-0.05, 0) is 50.1 Å². The van der Waals surface area contributed by atoms with Crippen molar-refractivity contribution in [3.05, 3.63) is 23.8 Å². The molecule has 3 N–H and O–H groups in total. The lowest BCUT2D eigenvalue weighted by atomic mass is 9.98. The molecule has 0 saturated carbocycles. The molecule has 1 aromatic carbocycles. The molecule has 1 atom stereocenters. The van der Waals surface area contributed by atoms with Gasteiger partial charge in [0.15, 0.2) is 0 Å². The Hall–Kier alpha value is -1.60. The van der Waals surface area contributed by atoms with E-state index in [2.05, 4.69) is 15.4 Å². The zero-order valence-electron chi connectivity index (χ0n) is 12.3. The van der Waals surface area contributed by atoms with Crippen molar-refractivity contribution in [2.75, 3.05) is 29.4 Å². The maximum Gasteiger partial charge on any atom is 0.229 e. The number of piperidine rings is 1. The van der Waals surface area contributed by atoms with Gasteiger partial charge in [0.2, 0.25) is 15.9 Å². The molecule has 0 spiro atoms. The fraction of sp³-hybridized carbons (Fsp3) is 0.500. The standard InChI is InChI=1S/C14H21N3O3S/c1-10-8-12(5-6-13(10)17-21(2,19)20)16-14(18)11-4-3-7-15-9-11/h5-6,8,11,15,17H,3-4,7,9H2,1-2H3,(H,16,18)/t11-/m0/s1. The Bertz CT molecular complexity index is 622. The Morgan fingerprint density at radius 1 is 1.38 bits per heavy atom. The second kappa shape index (κ2) is 6.44. The minimum absolute atomic E-state index is 0.00502. The van der Waals surface area contributed by atoms with Gasteiger partial charge in [0.25, 0.3) is 0 Å². The second-order valence-corrected chi connectivity index (χ2v) is 7.18. The molecule has 1 saturated heterocycles. The molecule has 2 rings (SSSR count). The van der Waals surface area contributed by atoms with Gasteiger partial charge in [-0.15, -0.1) is 0 Å². The third-order valence-electron chi connectivity index (χ3n) is 3.46. The lowest BCUT2D eigenvalue weighted by Gasteiger charge is -2.22. The molecule has 0 bridgehead atoms. The van der Waals surface area contributed by atoms with Crippen LogP contribution in [0.2, 0.25) is 0 Å². The minimum atomic E-state index is -3.30. The van der Waals surface area contributed by atoms with Crippen molar-refractivity contribution in [1.82, 2.24) is 5.32 Å². The molecule has 116 valence electrons. The van der Waals surface area contributed by atoms with E-state index in [9.17, 15) is 13.2 Å². The lowest BCUT2D eigenvalue weighted by Crippen LogP contribution is -2.37. The number of sulfonamides is 1. The van der Waals surface area contributed by atoms with Gasteiger partial charge in [-0.1, -0.05) is 0 Å². The largest absolute Gasteiger partial charge is 0.326 e. The van der Waals surface area contributed by atoms with Gasteiger partial charge in [-0.2, -0.15) is 0 Å². The smallest absolute Gasteiger partial charge is 0.229 e. The van der Waals surface area contributed by atoms with Crippen LogP contribution in [-0.4, -0.2) is 33.7 Å². The first kappa shape index (κ1) is 15.8. The van der Waals surface area contributed by atoms with Crippen molar-refractivity contribution >= 4 is 27.3 Å². The first-order chi connectivity index (χ1) is 9.85. The Morgan fingerprint density at radius 2 is 2.14 bits per heavy atom. The number of carbonyl (C=O) groups excluding carboxylic acids is 1. The molecule has 1 aliphatic rings. The minimum Gasteiger partial charge on any atom is -0.326 e. The van der Waals surface area contributed by atoms with Crippen LogP contribution in [0, 0.1) is 12.8 Å². The van der Waals surface area contributed by atoms with Crippen molar-refractivity contribution in [1.29, 1.82) is 0 Å². The average Bonchev–Trinajstić information content (AvgIpc) is 2.41. The third kappa shape index (κ3) is 4.71. The van der Waals surface area contributed by atoms with E-state index in [1.54, 1.807) is 25.1 Å². The highest BCUT2D eigenvalue weighted by molar-refractivity contribution is 7.92. The Morgan fingerprint density at radius 3 is 2.71 bits per heavy atom. The van der Waals surface area contributed by atoms with Gasteiger partial charge in [0.05, 0.1) is 17.9 Å². The number of aryl methyl sites for hydroxylation is 1. The highest BCUT2D eigenvalue weighted by Crippen LogP contribution is 2.21. The number of amides is 1. The first-order valence-electron chi connectivity index (χ1n) is 6.95. The number of nitrogens with one attached hydrogen (secondary N) is 3. The molecule has 7 heteroatoms. The molecule has 0 radical (unpaired) electrons. The van der Waals surface area contributed by atoms with Gasteiger partial charge >= 0.3 is 0 Å². The van der Waals surface area contributed by atoms with E-state index in [4.69, 9.17) is 0 Å². The number of anilines is 2. The van der Waals surface area contributed by atoms with E-state index in [1.807, 2.05) is 0 Å². The number of hydrogen-bond donors (Lipinski definition) is 3. The van der Waals surface area contributed by atoms with Crippen LogP contribution >= 0.6 is 0 Å². The molecule has 0 aliphatic carbocycles. The van der Waals surface area contributed by atoms with Crippen molar-refractivity contribution in [2.24, 2.45) is 5.92 Å². The predicted molar refractivity (Wildman–Crippen MR) is 83.9 cm³/mol. The maximum atomic E-state index is 12.1. The van der Waals surface area contributed by atoms with Crippen LogP contribution in [0.5, 0.6) is 0 Å². The average molecular weight is 311 g/mol. The van der Waals surface area contributed by atoms with Crippen molar-refractivity contribution in [3.8, 4) is 0 Å². The number of hydrogen-bond acceptors (Lipinski definition) is 4. The zero-order chi connectivity index (χ0) is 15.5. The summed E-state index contributed by atoms with van der Waals surface area (Å²) in [6.07, 6.45) is 3.01. The summed E-state index contributed by atoms with van der Waals surface area (Å²) < 4.78 is 24.9. The summed E-state index contributed by atoms with van der Waals surface area (Å²) >= 11 is 0. The molecule has 6 nitrogen and oxygen atoms in total. The normalized spacial score (nSPS) is 19.0. The van der Waals surface area contributed by atoms with Gasteiger partial charge in [-0.3, -0.25) is 9.52 Å². The van der Waals surface area contributed by atoms with E-state index in [0.29, 0.717) is 17.9 Å². The topological polar surface area (TPSA) is 87.3 Å². The van der Waals surface area contributed by atoms with Crippen molar-refractivity contribution in [3.63, 3.8) is 0 Å². The summed E-state index contributed by atoms with van der Waals surface area (Å²) in [6, 6.07) is 5.13. The fourth-order valence-corrected chi connectivity index (χ4v) is 3.00. The molecule has 1 heterocycles. The molecule has 1 fully saturated rings. The quantitative estimate of drug-likeness (QED) is 0.782. The van der Waals surface area contributed by atoms with E-state index in [-0.39, 0.29) is 11.8 Å². The summed E-state index contributed by atoms with van der Waals surface area (Å²) in [7, 11) is -3.30. The van der Waals surface area contributed by atoms with Crippen molar-refractivity contribution < 1.29 is 13.2 Å².